The molecule has 6 heteroatoms. The Morgan fingerprint density at radius 1 is 1.40 bits per heavy atom. The number of rotatable bonds is 3. The molecular formula is C14H12BrNO4. The van der Waals surface area contributed by atoms with E-state index < -0.39 is 5.97 Å². The molecular weight excluding hydrogens is 326 g/mol. The number of hydrogen-bond acceptors (Lipinski definition) is 3. The number of carboxylic acids is 1. The van der Waals surface area contributed by atoms with Crippen LogP contribution in [0.4, 0.5) is 0 Å². The van der Waals surface area contributed by atoms with Crippen LogP contribution in [-0.2, 0) is 4.79 Å². The van der Waals surface area contributed by atoms with Crippen molar-refractivity contribution in [3.63, 3.8) is 0 Å². The predicted octanol–water partition coefficient (Wildman–Crippen LogP) is 2.74. The third-order valence-corrected chi connectivity index (χ3v) is 4.04. The first-order chi connectivity index (χ1) is 9.54. The Morgan fingerprint density at radius 2 is 2.15 bits per heavy atom. The minimum atomic E-state index is -0.824. The predicted molar refractivity (Wildman–Crippen MR) is 75.6 cm³/mol. The van der Waals surface area contributed by atoms with E-state index in [9.17, 15) is 9.59 Å². The smallest absolute Gasteiger partial charge is 0.303 e. The summed E-state index contributed by atoms with van der Waals surface area (Å²) in [6.45, 7) is 0.951. The SMILES string of the molecule is O=C(O)CC1CN(C(=O)c2cc3cccc(Br)c3o2)C1. The maximum Gasteiger partial charge on any atom is 0.303 e. The van der Waals surface area contributed by atoms with Crippen LogP contribution in [0.1, 0.15) is 17.0 Å². The molecule has 1 aliphatic heterocycles. The highest BCUT2D eigenvalue weighted by atomic mass is 79.9. The number of carboxylic acid groups (broad SMARTS) is 1. The molecule has 1 saturated heterocycles. The lowest BCUT2D eigenvalue weighted by molar-refractivity contribution is -0.139. The Labute approximate surface area is 123 Å². The number of benzene rings is 1. The average Bonchev–Trinajstić information content (AvgIpc) is 2.77. The number of nitrogens with zero attached hydrogens (tertiary/aromatic N) is 1. The van der Waals surface area contributed by atoms with Crippen molar-refractivity contribution in [3.8, 4) is 0 Å². The van der Waals surface area contributed by atoms with Gasteiger partial charge in [-0.2, -0.15) is 0 Å². The lowest BCUT2D eigenvalue weighted by Crippen LogP contribution is -2.50. The van der Waals surface area contributed by atoms with Crippen LogP contribution >= 0.6 is 15.9 Å². The van der Waals surface area contributed by atoms with Gasteiger partial charge in [0, 0.05) is 24.4 Å². The Hall–Kier alpha value is -1.82. The number of hydrogen-bond donors (Lipinski definition) is 1. The molecule has 1 fully saturated rings. The fourth-order valence-electron chi connectivity index (χ4n) is 2.40. The number of carbonyl (C=O) groups is 2. The second-order valence-corrected chi connectivity index (χ2v) is 5.80. The molecule has 5 nitrogen and oxygen atoms in total. The van der Waals surface area contributed by atoms with Gasteiger partial charge in [-0.05, 0) is 28.1 Å². The molecule has 0 bridgehead atoms. The van der Waals surface area contributed by atoms with E-state index >= 15 is 0 Å². The van der Waals surface area contributed by atoms with Crippen LogP contribution in [0.3, 0.4) is 0 Å². The molecule has 1 aromatic heterocycles. The lowest BCUT2D eigenvalue weighted by Gasteiger charge is -2.37. The number of fused-ring (bicyclic) bond motifs is 1. The molecule has 2 heterocycles. The molecule has 104 valence electrons. The number of amides is 1. The van der Waals surface area contributed by atoms with Gasteiger partial charge in [0.1, 0.15) is 5.58 Å². The van der Waals surface area contributed by atoms with E-state index in [1.54, 1.807) is 11.0 Å². The summed E-state index contributed by atoms with van der Waals surface area (Å²) in [5, 5.41) is 9.56. The zero-order valence-corrected chi connectivity index (χ0v) is 12.1. The molecule has 1 N–H and O–H groups in total. The van der Waals surface area contributed by atoms with Crippen molar-refractivity contribution < 1.29 is 19.1 Å². The Bertz CT molecular complexity index is 688. The summed E-state index contributed by atoms with van der Waals surface area (Å²) in [5.74, 6) is -0.669. The van der Waals surface area contributed by atoms with Gasteiger partial charge < -0.3 is 14.4 Å². The van der Waals surface area contributed by atoms with Crippen LogP contribution < -0.4 is 0 Å². The first-order valence-electron chi connectivity index (χ1n) is 6.23. The molecule has 0 atom stereocenters. The van der Waals surface area contributed by atoms with Crippen molar-refractivity contribution in [2.45, 2.75) is 6.42 Å². The number of para-hydroxylation sites is 1. The normalized spacial score (nSPS) is 15.3. The molecule has 3 rings (SSSR count). The fourth-order valence-corrected chi connectivity index (χ4v) is 2.86. The summed E-state index contributed by atoms with van der Waals surface area (Å²) in [7, 11) is 0. The highest BCUT2D eigenvalue weighted by Crippen LogP contribution is 2.29. The molecule has 1 aromatic carbocycles. The van der Waals surface area contributed by atoms with Crippen LogP contribution in [0.25, 0.3) is 11.0 Å². The Kier molecular flexibility index (Phi) is 3.25. The summed E-state index contributed by atoms with van der Waals surface area (Å²) < 4.78 is 6.39. The van der Waals surface area contributed by atoms with Crippen molar-refractivity contribution in [3.05, 3.63) is 34.5 Å². The van der Waals surface area contributed by atoms with Crippen molar-refractivity contribution >= 4 is 38.8 Å². The van der Waals surface area contributed by atoms with E-state index in [1.165, 1.54) is 0 Å². The van der Waals surface area contributed by atoms with E-state index in [0.717, 1.165) is 9.86 Å². The van der Waals surface area contributed by atoms with Crippen LogP contribution in [0.5, 0.6) is 0 Å². The van der Waals surface area contributed by atoms with Gasteiger partial charge in [-0.15, -0.1) is 0 Å². The molecule has 0 spiro atoms. The molecule has 1 amide bonds. The zero-order valence-electron chi connectivity index (χ0n) is 10.5. The van der Waals surface area contributed by atoms with Crippen molar-refractivity contribution in [2.75, 3.05) is 13.1 Å². The Balaban J connectivity index is 1.74. The molecule has 0 saturated carbocycles. The van der Waals surface area contributed by atoms with Gasteiger partial charge in [-0.1, -0.05) is 12.1 Å². The van der Waals surface area contributed by atoms with Gasteiger partial charge >= 0.3 is 5.97 Å². The lowest BCUT2D eigenvalue weighted by atomic mass is 9.96. The van der Waals surface area contributed by atoms with E-state index in [-0.39, 0.29) is 18.2 Å². The van der Waals surface area contributed by atoms with Gasteiger partial charge in [-0.3, -0.25) is 9.59 Å². The van der Waals surface area contributed by atoms with Gasteiger partial charge in [-0.25, -0.2) is 0 Å². The summed E-state index contributed by atoms with van der Waals surface area (Å²) in [6, 6.07) is 7.33. The number of carbonyl (C=O) groups excluding carboxylic acids is 1. The van der Waals surface area contributed by atoms with Gasteiger partial charge in [0.25, 0.3) is 5.91 Å². The largest absolute Gasteiger partial charge is 0.481 e. The quantitative estimate of drug-likeness (QED) is 0.934. The van der Waals surface area contributed by atoms with Crippen molar-refractivity contribution in [1.82, 2.24) is 4.90 Å². The van der Waals surface area contributed by atoms with E-state index in [2.05, 4.69) is 15.9 Å². The van der Waals surface area contributed by atoms with Crippen LogP contribution in [0.15, 0.2) is 33.2 Å². The number of likely N-dealkylation sites (tertiary alicyclic amines) is 1. The molecule has 0 unspecified atom stereocenters. The van der Waals surface area contributed by atoms with E-state index in [4.69, 9.17) is 9.52 Å². The van der Waals surface area contributed by atoms with Crippen molar-refractivity contribution in [1.29, 1.82) is 0 Å². The first-order valence-corrected chi connectivity index (χ1v) is 7.03. The summed E-state index contributed by atoms with van der Waals surface area (Å²) in [5.41, 5.74) is 0.651. The highest BCUT2D eigenvalue weighted by Gasteiger charge is 2.33. The maximum atomic E-state index is 12.2. The summed E-state index contributed by atoms with van der Waals surface area (Å²) in [6.07, 6.45) is 0.107. The number of furan rings is 1. The van der Waals surface area contributed by atoms with Crippen LogP contribution in [0, 0.1) is 5.92 Å². The summed E-state index contributed by atoms with van der Waals surface area (Å²) in [4.78, 5) is 24.4. The molecule has 0 radical (unpaired) electrons. The first kappa shape index (κ1) is 13.2. The Morgan fingerprint density at radius 3 is 2.80 bits per heavy atom. The number of aliphatic carboxylic acids is 1. The van der Waals surface area contributed by atoms with Gasteiger partial charge in [0.2, 0.25) is 0 Å². The maximum absolute atomic E-state index is 12.2. The minimum absolute atomic E-state index is 0.0487. The van der Waals surface area contributed by atoms with E-state index in [1.807, 2.05) is 18.2 Å². The molecule has 1 aliphatic rings. The van der Waals surface area contributed by atoms with Crippen LogP contribution in [-0.4, -0.2) is 35.0 Å². The topological polar surface area (TPSA) is 70.8 Å². The van der Waals surface area contributed by atoms with Gasteiger partial charge in [0.15, 0.2) is 5.76 Å². The number of halogens is 1. The fraction of sp³-hybridized carbons (Fsp3) is 0.286. The monoisotopic (exact) mass is 337 g/mol. The van der Waals surface area contributed by atoms with Gasteiger partial charge in [0.05, 0.1) is 10.9 Å². The highest BCUT2D eigenvalue weighted by molar-refractivity contribution is 9.10. The molecule has 2 aromatic rings. The second-order valence-electron chi connectivity index (χ2n) is 4.94. The summed E-state index contributed by atoms with van der Waals surface area (Å²) >= 11 is 3.38. The van der Waals surface area contributed by atoms with E-state index in [0.29, 0.717) is 24.4 Å². The third-order valence-electron chi connectivity index (χ3n) is 3.41. The van der Waals surface area contributed by atoms with Crippen molar-refractivity contribution in [2.24, 2.45) is 5.92 Å². The van der Waals surface area contributed by atoms with Crippen LogP contribution in [0.2, 0.25) is 0 Å². The molecule has 20 heavy (non-hydrogen) atoms. The average molecular weight is 338 g/mol. The zero-order chi connectivity index (χ0) is 14.3. The second kappa shape index (κ2) is 4.94. The molecule has 0 aliphatic carbocycles. The standard InChI is InChI=1S/C14H12BrNO4/c15-10-3-1-2-9-5-11(20-13(9)10)14(19)16-6-8(7-16)4-12(17)18/h1-3,5,8H,4,6-7H2,(H,17,18). The minimum Gasteiger partial charge on any atom is -0.481 e. The third kappa shape index (κ3) is 2.31.